The highest BCUT2D eigenvalue weighted by Gasteiger charge is 2.53. The van der Waals surface area contributed by atoms with Crippen LogP contribution in [0.4, 0.5) is 0 Å². The second-order valence-corrected chi connectivity index (χ2v) is 7.52. The first-order chi connectivity index (χ1) is 12.3. The lowest BCUT2D eigenvalue weighted by Crippen LogP contribution is -2.55. The van der Waals surface area contributed by atoms with Crippen LogP contribution in [-0.4, -0.2) is 74.6 Å². The maximum Gasteiger partial charge on any atom is 0.231 e. The Labute approximate surface area is 174 Å². The van der Waals surface area contributed by atoms with E-state index in [1.54, 1.807) is 0 Å². The van der Waals surface area contributed by atoms with Crippen LogP contribution >= 0.6 is 24.8 Å². The summed E-state index contributed by atoms with van der Waals surface area (Å²) in [6, 6.07) is 10.4. The van der Waals surface area contributed by atoms with Crippen LogP contribution in [0.5, 0.6) is 0 Å². The van der Waals surface area contributed by atoms with Gasteiger partial charge < -0.3 is 15.5 Å². The van der Waals surface area contributed by atoms with Gasteiger partial charge in [-0.1, -0.05) is 42.5 Å². The van der Waals surface area contributed by atoms with Crippen LogP contribution < -0.4 is 10.6 Å². The summed E-state index contributed by atoms with van der Waals surface area (Å²) in [5.41, 5.74) is 1.05. The topological polar surface area (TPSA) is 47.6 Å². The van der Waals surface area contributed by atoms with Gasteiger partial charge in [-0.2, -0.15) is 0 Å². The van der Waals surface area contributed by atoms with Crippen molar-refractivity contribution in [1.29, 1.82) is 0 Å². The van der Waals surface area contributed by atoms with E-state index >= 15 is 0 Å². The summed E-state index contributed by atoms with van der Waals surface area (Å²) in [5, 5.41) is 6.86. The van der Waals surface area contributed by atoms with Crippen LogP contribution in [0, 0.1) is 11.3 Å². The smallest absolute Gasteiger partial charge is 0.231 e. The second-order valence-electron chi connectivity index (χ2n) is 7.52. The van der Waals surface area contributed by atoms with Crippen LogP contribution in [0.25, 0.3) is 6.08 Å². The first kappa shape index (κ1) is 22.2. The van der Waals surface area contributed by atoms with E-state index in [2.05, 4.69) is 56.9 Å². The normalized spacial score (nSPS) is 27.9. The summed E-state index contributed by atoms with van der Waals surface area (Å²) in [5.74, 6) is 0.832. The molecule has 3 saturated heterocycles. The van der Waals surface area contributed by atoms with Crippen molar-refractivity contribution in [3.63, 3.8) is 0 Å². The van der Waals surface area contributed by atoms with Crippen LogP contribution in [0.15, 0.2) is 36.4 Å². The van der Waals surface area contributed by atoms with E-state index in [9.17, 15) is 4.79 Å². The molecule has 1 aromatic rings. The highest BCUT2D eigenvalue weighted by molar-refractivity contribution is 5.86. The third-order valence-electron chi connectivity index (χ3n) is 6.00. The predicted octanol–water partition coefficient (Wildman–Crippen LogP) is 1.50. The maximum atomic E-state index is 13.1. The number of benzene rings is 1. The number of halogens is 2. The van der Waals surface area contributed by atoms with E-state index in [1.807, 2.05) is 6.07 Å². The number of nitrogens with zero attached hydrogens (tertiary/aromatic N) is 2. The van der Waals surface area contributed by atoms with E-state index in [-0.39, 0.29) is 30.2 Å². The molecule has 5 nitrogen and oxygen atoms in total. The molecule has 150 valence electrons. The molecule has 7 heteroatoms. The van der Waals surface area contributed by atoms with Crippen LogP contribution in [0.1, 0.15) is 5.56 Å². The van der Waals surface area contributed by atoms with E-state index < -0.39 is 0 Å². The van der Waals surface area contributed by atoms with Gasteiger partial charge in [0.1, 0.15) is 0 Å². The van der Waals surface area contributed by atoms with Crippen LogP contribution in [-0.2, 0) is 4.79 Å². The minimum absolute atomic E-state index is 0. The maximum absolute atomic E-state index is 13.1. The average Bonchev–Trinajstić information content (AvgIpc) is 3.24. The highest BCUT2D eigenvalue weighted by atomic mass is 35.5. The lowest BCUT2D eigenvalue weighted by atomic mass is 9.79. The second kappa shape index (κ2) is 9.89. The van der Waals surface area contributed by atoms with Gasteiger partial charge in [-0.15, -0.1) is 24.8 Å². The Morgan fingerprint density at radius 3 is 2.30 bits per heavy atom. The summed E-state index contributed by atoms with van der Waals surface area (Å²) < 4.78 is 0. The number of carbonyl (C=O) groups excluding carboxylic acids is 1. The summed E-state index contributed by atoms with van der Waals surface area (Å²) in [6.07, 6.45) is 4.40. The van der Waals surface area contributed by atoms with Gasteiger partial charge in [0.05, 0.1) is 5.41 Å². The average molecular weight is 413 g/mol. The van der Waals surface area contributed by atoms with Gasteiger partial charge >= 0.3 is 0 Å². The fourth-order valence-corrected chi connectivity index (χ4v) is 4.43. The number of carbonyl (C=O) groups is 1. The highest BCUT2D eigenvalue weighted by Crippen LogP contribution is 2.36. The molecule has 3 aliphatic rings. The van der Waals surface area contributed by atoms with Crippen LogP contribution in [0.2, 0.25) is 0 Å². The summed E-state index contributed by atoms with van der Waals surface area (Å²) in [7, 11) is 0. The number of piperazine rings is 1. The van der Waals surface area contributed by atoms with Crippen molar-refractivity contribution >= 4 is 36.8 Å². The van der Waals surface area contributed by atoms with E-state index in [0.717, 1.165) is 58.9 Å². The first-order valence-corrected chi connectivity index (χ1v) is 9.43. The molecule has 3 heterocycles. The molecule has 0 radical (unpaired) electrons. The van der Waals surface area contributed by atoms with Gasteiger partial charge in [0.25, 0.3) is 0 Å². The SMILES string of the molecule is Cl.Cl.O=C(N1CCN(C/C=C/c2ccccc2)CC1)C12CNCC1CNC2. The predicted molar refractivity (Wildman–Crippen MR) is 115 cm³/mol. The molecule has 2 N–H and O–H groups in total. The van der Waals surface area contributed by atoms with E-state index in [1.165, 1.54) is 5.56 Å². The third-order valence-corrected chi connectivity index (χ3v) is 6.00. The van der Waals surface area contributed by atoms with Crippen molar-refractivity contribution in [2.75, 3.05) is 58.9 Å². The molecule has 4 rings (SSSR count). The fourth-order valence-electron chi connectivity index (χ4n) is 4.43. The van der Waals surface area contributed by atoms with Crippen molar-refractivity contribution in [3.8, 4) is 0 Å². The summed E-state index contributed by atoms with van der Waals surface area (Å²) in [4.78, 5) is 17.7. The van der Waals surface area contributed by atoms with Crippen molar-refractivity contribution in [1.82, 2.24) is 20.4 Å². The van der Waals surface area contributed by atoms with Crippen molar-refractivity contribution in [2.45, 2.75) is 0 Å². The van der Waals surface area contributed by atoms with Crippen molar-refractivity contribution < 1.29 is 4.79 Å². The Balaban J connectivity index is 0.00000131. The molecule has 0 atom stereocenters. The molecule has 0 aromatic heterocycles. The standard InChI is InChI=1S/C20H28N4O.2ClH/c25-19(20-15-21-13-18(20)14-22-16-20)24-11-9-23(10-12-24)8-4-7-17-5-2-1-3-6-17;;/h1-7,18,21-22H,8-16H2;2*1H/b7-4+;;. The molecular weight excluding hydrogens is 383 g/mol. The molecule has 1 aromatic carbocycles. The Hall–Kier alpha value is -1.11. The number of rotatable bonds is 4. The molecule has 3 fully saturated rings. The number of amides is 1. The van der Waals surface area contributed by atoms with E-state index in [4.69, 9.17) is 0 Å². The Kier molecular flexibility index (Phi) is 8.13. The molecule has 27 heavy (non-hydrogen) atoms. The van der Waals surface area contributed by atoms with Gasteiger partial charge in [0, 0.05) is 64.8 Å². The number of nitrogens with one attached hydrogen (secondary N) is 2. The molecular formula is C20H30Cl2N4O. The fraction of sp³-hybridized carbons (Fsp3) is 0.550. The minimum Gasteiger partial charge on any atom is -0.340 e. The number of hydrogen-bond donors (Lipinski definition) is 2. The molecule has 3 aliphatic heterocycles. The lowest BCUT2D eigenvalue weighted by molar-refractivity contribution is -0.143. The molecule has 0 aliphatic carbocycles. The van der Waals surface area contributed by atoms with Gasteiger partial charge in [-0.05, 0) is 5.56 Å². The van der Waals surface area contributed by atoms with Gasteiger partial charge in [-0.25, -0.2) is 0 Å². The summed E-state index contributed by atoms with van der Waals surface area (Å²) >= 11 is 0. The number of fused-ring (bicyclic) bond motifs is 1. The molecule has 0 bridgehead atoms. The molecule has 0 unspecified atom stereocenters. The largest absolute Gasteiger partial charge is 0.340 e. The quantitative estimate of drug-likeness (QED) is 0.786. The van der Waals surface area contributed by atoms with E-state index in [0.29, 0.717) is 11.8 Å². The lowest BCUT2D eigenvalue weighted by Gasteiger charge is -2.39. The third kappa shape index (κ3) is 4.66. The monoisotopic (exact) mass is 412 g/mol. The first-order valence-electron chi connectivity index (χ1n) is 9.43. The number of hydrogen-bond acceptors (Lipinski definition) is 4. The van der Waals surface area contributed by atoms with Crippen LogP contribution in [0.3, 0.4) is 0 Å². The van der Waals surface area contributed by atoms with Gasteiger partial charge in [-0.3, -0.25) is 9.69 Å². The molecule has 0 spiro atoms. The zero-order valence-electron chi connectivity index (χ0n) is 15.6. The molecule has 0 saturated carbocycles. The Morgan fingerprint density at radius 2 is 1.67 bits per heavy atom. The zero-order valence-corrected chi connectivity index (χ0v) is 17.2. The van der Waals surface area contributed by atoms with Crippen molar-refractivity contribution in [2.24, 2.45) is 11.3 Å². The Morgan fingerprint density at radius 1 is 1.04 bits per heavy atom. The van der Waals surface area contributed by atoms with Gasteiger partial charge in [0.2, 0.25) is 5.91 Å². The summed E-state index contributed by atoms with van der Waals surface area (Å²) in [6.45, 7) is 8.21. The zero-order chi connectivity index (χ0) is 17.1. The minimum atomic E-state index is -0.185. The Bertz CT molecular complexity index is 622. The van der Waals surface area contributed by atoms with Gasteiger partial charge in [0.15, 0.2) is 0 Å². The molecule has 1 amide bonds. The van der Waals surface area contributed by atoms with Crippen molar-refractivity contribution in [3.05, 3.63) is 42.0 Å².